The molecule has 3 heterocycles. The van der Waals surface area contributed by atoms with Crippen LogP contribution in [0.15, 0.2) is 39.9 Å². The largest absolute Gasteiger partial charge is 0.322 e. The molecule has 0 amide bonds. The fourth-order valence-electron chi connectivity index (χ4n) is 3.93. The number of rotatable bonds is 5. The Kier molecular flexibility index (Phi) is 6.17. The lowest BCUT2D eigenvalue weighted by molar-refractivity contribution is 0.574. The fourth-order valence-corrected chi connectivity index (χ4v) is 5.31. The number of aryl methyl sites for hydroxylation is 1. The van der Waals surface area contributed by atoms with Crippen molar-refractivity contribution in [2.75, 3.05) is 18.5 Å². The molecule has 0 saturated carbocycles. The maximum atomic E-state index is 13.4. The Hall–Kier alpha value is -2.63. The van der Waals surface area contributed by atoms with Gasteiger partial charge < -0.3 is 4.90 Å². The minimum absolute atomic E-state index is 0.215. The summed E-state index contributed by atoms with van der Waals surface area (Å²) in [6.07, 6.45) is 2.01. The van der Waals surface area contributed by atoms with Crippen molar-refractivity contribution in [3.05, 3.63) is 61.9 Å². The van der Waals surface area contributed by atoms with Gasteiger partial charge in [0.2, 0.25) is 0 Å². The normalized spacial score (nSPS) is 15.2. The molecular formula is C23H21BrFN5S. The summed E-state index contributed by atoms with van der Waals surface area (Å²) in [6, 6.07) is 10.3. The van der Waals surface area contributed by atoms with Crippen molar-refractivity contribution in [3.8, 4) is 17.3 Å². The molecule has 158 valence electrons. The first-order chi connectivity index (χ1) is 14.9. The Bertz CT molecular complexity index is 1290. The molecule has 4 rings (SSSR count). The van der Waals surface area contributed by atoms with Crippen LogP contribution < -0.4 is 15.6 Å². The summed E-state index contributed by atoms with van der Waals surface area (Å²) in [4.78, 5) is 16.9. The van der Waals surface area contributed by atoms with Crippen molar-refractivity contribution in [3.63, 3.8) is 0 Å². The summed E-state index contributed by atoms with van der Waals surface area (Å²) >= 11 is 4.86. The van der Waals surface area contributed by atoms with E-state index in [0.717, 1.165) is 45.0 Å². The molecule has 8 heteroatoms. The number of fused-ring (bicyclic) bond motifs is 1. The van der Waals surface area contributed by atoms with E-state index in [1.165, 1.54) is 23.5 Å². The third-order valence-corrected chi connectivity index (χ3v) is 6.81. The summed E-state index contributed by atoms with van der Waals surface area (Å²) in [7, 11) is 1.97. The monoisotopic (exact) mass is 497 g/mol. The lowest BCUT2D eigenvalue weighted by atomic mass is 9.96. The molecule has 0 radical (unpaired) electrons. The summed E-state index contributed by atoms with van der Waals surface area (Å²) < 4.78 is 14.1. The summed E-state index contributed by atoms with van der Waals surface area (Å²) in [5.41, 5.74) is 3.43. The standard InChI is InChI=1S/C23H21BrFN5S/c1-4-5-15-12-27-19-13(2)10-18(24)28-21(19)22(15)30(3)23-29-20(17(11-26)31-23)14-6-8-16(25)9-7-14/h6-10,15H,4-5,12H2,1-3H3. The second kappa shape index (κ2) is 8.85. The minimum Gasteiger partial charge on any atom is -0.322 e. The number of thiazole rings is 1. The quantitative estimate of drug-likeness (QED) is 0.483. The number of pyridine rings is 1. The summed E-state index contributed by atoms with van der Waals surface area (Å²) in [5.74, 6) is -0.102. The van der Waals surface area contributed by atoms with E-state index in [0.29, 0.717) is 22.2 Å². The van der Waals surface area contributed by atoms with Crippen LogP contribution >= 0.6 is 27.3 Å². The van der Waals surface area contributed by atoms with Gasteiger partial charge in [0, 0.05) is 25.1 Å². The number of aromatic nitrogens is 2. The van der Waals surface area contributed by atoms with Gasteiger partial charge in [-0.05, 0) is 65.2 Å². The van der Waals surface area contributed by atoms with E-state index in [-0.39, 0.29) is 11.7 Å². The smallest absolute Gasteiger partial charge is 0.191 e. The second-order valence-electron chi connectivity index (χ2n) is 7.52. The Morgan fingerprint density at radius 2 is 2.03 bits per heavy atom. The number of hydrogen-bond acceptors (Lipinski definition) is 6. The zero-order valence-electron chi connectivity index (χ0n) is 17.5. The van der Waals surface area contributed by atoms with E-state index in [1.807, 2.05) is 24.9 Å². The Morgan fingerprint density at radius 3 is 2.71 bits per heavy atom. The molecule has 0 N–H and O–H groups in total. The maximum Gasteiger partial charge on any atom is 0.191 e. The Morgan fingerprint density at radius 1 is 1.29 bits per heavy atom. The Balaban J connectivity index is 1.89. The molecule has 0 saturated heterocycles. The van der Waals surface area contributed by atoms with Crippen LogP contribution in [0.1, 0.15) is 30.2 Å². The highest BCUT2D eigenvalue weighted by Gasteiger charge is 2.26. The zero-order chi connectivity index (χ0) is 22.1. The number of anilines is 1. The van der Waals surface area contributed by atoms with E-state index in [9.17, 15) is 9.65 Å². The molecule has 1 aliphatic heterocycles. The molecule has 0 bridgehead atoms. The molecule has 0 fully saturated rings. The van der Waals surface area contributed by atoms with Gasteiger partial charge >= 0.3 is 0 Å². The van der Waals surface area contributed by atoms with Crippen LogP contribution in [0, 0.1) is 30.0 Å². The predicted octanol–water partition coefficient (Wildman–Crippen LogP) is 4.58. The van der Waals surface area contributed by atoms with Gasteiger partial charge in [-0.3, -0.25) is 4.99 Å². The molecular weight excluding hydrogens is 477 g/mol. The van der Waals surface area contributed by atoms with E-state index in [4.69, 9.17) is 15.0 Å². The van der Waals surface area contributed by atoms with Gasteiger partial charge in [0.1, 0.15) is 32.4 Å². The lowest BCUT2D eigenvalue weighted by Crippen LogP contribution is -2.44. The number of hydrogen-bond donors (Lipinski definition) is 0. The highest BCUT2D eigenvalue weighted by atomic mass is 79.9. The highest BCUT2D eigenvalue weighted by Crippen LogP contribution is 2.35. The van der Waals surface area contributed by atoms with Crippen molar-refractivity contribution < 1.29 is 4.39 Å². The number of nitrogens with zero attached hydrogens (tertiary/aromatic N) is 5. The third kappa shape index (κ3) is 4.12. The van der Waals surface area contributed by atoms with Gasteiger partial charge in [-0.25, -0.2) is 14.4 Å². The van der Waals surface area contributed by atoms with Crippen LogP contribution in [0.4, 0.5) is 9.52 Å². The van der Waals surface area contributed by atoms with E-state index >= 15 is 0 Å². The molecule has 5 nitrogen and oxygen atoms in total. The highest BCUT2D eigenvalue weighted by molar-refractivity contribution is 9.10. The van der Waals surface area contributed by atoms with E-state index < -0.39 is 0 Å². The first-order valence-corrected chi connectivity index (χ1v) is 11.7. The predicted molar refractivity (Wildman–Crippen MR) is 125 cm³/mol. The van der Waals surface area contributed by atoms with Crippen LogP contribution in [0.5, 0.6) is 0 Å². The SMILES string of the molecule is CCCC1CN=c2c(C)cc(Br)nc2=C1N(C)c1nc(-c2ccc(F)cc2)c(C#N)s1. The van der Waals surface area contributed by atoms with Gasteiger partial charge in [0.15, 0.2) is 5.13 Å². The van der Waals surface area contributed by atoms with Crippen molar-refractivity contribution in [1.29, 1.82) is 5.26 Å². The van der Waals surface area contributed by atoms with Crippen LogP contribution in [0.3, 0.4) is 0 Å². The first kappa shape index (κ1) is 21.6. The van der Waals surface area contributed by atoms with Gasteiger partial charge in [-0.2, -0.15) is 5.26 Å². The first-order valence-electron chi connectivity index (χ1n) is 10.0. The average Bonchev–Trinajstić information content (AvgIpc) is 3.18. The molecule has 31 heavy (non-hydrogen) atoms. The zero-order valence-corrected chi connectivity index (χ0v) is 19.9. The van der Waals surface area contributed by atoms with Crippen LogP contribution in [0.25, 0.3) is 17.0 Å². The van der Waals surface area contributed by atoms with E-state index in [1.54, 1.807) is 12.1 Å². The molecule has 1 atom stereocenters. The van der Waals surface area contributed by atoms with Gasteiger partial charge in [0.25, 0.3) is 0 Å². The molecule has 0 spiro atoms. The summed E-state index contributed by atoms with van der Waals surface area (Å²) in [5, 5.41) is 12.2. The van der Waals surface area contributed by atoms with Crippen LogP contribution in [-0.2, 0) is 0 Å². The van der Waals surface area contributed by atoms with Gasteiger partial charge in [0.05, 0.1) is 11.1 Å². The number of halogens is 2. The molecule has 0 aliphatic carbocycles. The van der Waals surface area contributed by atoms with Crippen LogP contribution in [-0.4, -0.2) is 23.6 Å². The fraction of sp³-hybridized carbons (Fsp3) is 0.304. The van der Waals surface area contributed by atoms with Crippen molar-refractivity contribution in [2.45, 2.75) is 26.7 Å². The molecule has 2 aromatic heterocycles. The second-order valence-corrected chi connectivity index (χ2v) is 9.31. The molecule has 1 aliphatic rings. The molecule has 1 unspecified atom stereocenters. The maximum absolute atomic E-state index is 13.4. The topological polar surface area (TPSA) is 65.2 Å². The van der Waals surface area contributed by atoms with E-state index in [2.05, 4.69) is 28.9 Å². The van der Waals surface area contributed by atoms with Gasteiger partial charge in [-0.1, -0.05) is 24.7 Å². The van der Waals surface area contributed by atoms with Crippen molar-refractivity contribution in [2.24, 2.45) is 10.9 Å². The Labute approximate surface area is 192 Å². The third-order valence-electron chi connectivity index (χ3n) is 5.37. The number of benzene rings is 1. The van der Waals surface area contributed by atoms with Crippen molar-refractivity contribution in [1.82, 2.24) is 9.97 Å². The molecule has 3 aromatic rings. The molecule has 1 aromatic carbocycles. The van der Waals surface area contributed by atoms with Crippen molar-refractivity contribution >= 4 is 38.1 Å². The number of nitriles is 1. The minimum atomic E-state index is -0.317. The van der Waals surface area contributed by atoms with Gasteiger partial charge in [-0.15, -0.1) is 0 Å². The van der Waals surface area contributed by atoms with Crippen LogP contribution in [0.2, 0.25) is 0 Å². The average molecular weight is 498 g/mol. The lowest BCUT2D eigenvalue weighted by Gasteiger charge is -2.28. The summed E-state index contributed by atoms with van der Waals surface area (Å²) in [6.45, 7) is 4.90.